The van der Waals surface area contributed by atoms with Crippen LogP contribution < -0.4 is 16.0 Å². The predicted octanol–water partition coefficient (Wildman–Crippen LogP) is 2.43. The SMILES string of the molecule is NC(=O)CN1c2ccccc2C(=O)N[C@@H]1c1cc(Cl)cc(Cl)c1O. The number of primary amides is 1. The maximum absolute atomic E-state index is 12.4. The minimum absolute atomic E-state index is 0.0460. The first-order valence-electron chi connectivity index (χ1n) is 7.01. The summed E-state index contributed by atoms with van der Waals surface area (Å²) in [6, 6.07) is 9.67. The summed E-state index contributed by atoms with van der Waals surface area (Å²) in [5.74, 6) is -1.15. The largest absolute Gasteiger partial charge is 0.506 e. The van der Waals surface area contributed by atoms with E-state index in [4.69, 9.17) is 28.9 Å². The Bertz CT molecular complexity index is 841. The van der Waals surface area contributed by atoms with Crippen molar-refractivity contribution in [1.82, 2.24) is 5.32 Å². The normalized spacial score (nSPS) is 16.5. The number of nitrogens with one attached hydrogen (secondary N) is 1. The number of nitrogens with zero attached hydrogens (tertiary/aromatic N) is 1. The number of fused-ring (bicyclic) bond motifs is 1. The summed E-state index contributed by atoms with van der Waals surface area (Å²) in [7, 11) is 0. The molecule has 4 N–H and O–H groups in total. The van der Waals surface area contributed by atoms with E-state index in [2.05, 4.69) is 5.32 Å². The van der Waals surface area contributed by atoms with E-state index < -0.39 is 12.1 Å². The molecule has 24 heavy (non-hydrogen) atoms. The van der Waals surface area contributed by atoms with Gasteiger partial charge in [-0.2, -0.15) is 0 Å². The number of para-hydroxylation sites is 1. The van der Waals surface area contributed by atoms with Crippen LogP contribution in [0.15, 0.2) is 36.4 Å². The molecule has 8 heteroatoms. The maximum atomic E-state index is 12.4. The van der Waals surface area contributed by atoms with E-state index in [1.54, 1.807) is 29.2 Å². The molecule has 0 radical (unpaired) electrons. The molecule has 0 unspecified atom stereocenters. The summed E-state index contributed by atoms with van der Waals surface area (Å²) < 4.78 is 0. The molecule has 0 aliphatic carbocycles. The Kier molecular flexibility index (Phi) is 4.26. The topological polar surface area (TPSA) is 95.7 Å². The molecule has 0 saturated carbocycles. The van der Waals surface area contributed by atoms with Crippen molar-refractivity contribution in [3.63, 3.8) is 0 Å². The van der Waals surface area contributed by atoms with Gasteiger partial charge in [0.15, 0.2) is 0 Å². The van der Waals surface area contributed by atoms with Crippen LogP contribution >= 0.6 is 23.2 Å². The van der Waals surface area contributed by atoms with Crippen LogP contribution in [0.5, 0.6) is 5.75 Å². The molecule has 1 aliphatic rings. The fourth-order valence-electron chi connectivity index (χ4n) is 2.72. The van der Waals surface area contributed by atoms with E-state index in [-0.39, 0.29) is 28.8 Å². The number of halogens is 2. The van der Waals surface area contributed by atoms with Gasteiger partial charge in [-0.15, -0.1) is 0 Å². The second-order valence-electron chi connectivity index (χ2n) is 5.31. The van der Waals surface area contributed by atoms with Crippen molar-refractivity contribution in [3.05, 3.63) is 57.6 Å². The Labute approximate surface area is 147 Å². The van der Waals surface area contributed by atoms with Gasteiger partial charge in [-0.25, -0.2) is 0 Å². The van der Waals surface area contributed by atoms with Gasteiger partial charge in [0.1, 0.15) is 11.9 Å². The smallest absolute Gasteiger partial charge is 0.255 e. The van der Waals surface area contributed by atoms with Gasteiger partial charge in [-0.3, -0.25) is 9.59 Å². The van der Waals surface area contributed by atoms with Crippen LogP contribution in [0, 0.1) is 0 Å². The number of hydrogen-bond acceptors (Lipinski definition) is 4. The average Bonchev–Trinajstić information content (AvgIpc) is 2.53. The highest BCUT2D eigenvalue weighted by Crippen LogP contribution is 2.40. The molecule has 2 aromatic carbocycles. The van der Waals surface area contributed by atoms with Gasteiger partial charge >= 0.3 is 0 Å². The lowest BCUT2D eigenvalue weighted by atomic mass is 10.0. The number of phenols is 1. The number of nitrogens with two attached hydrogens (primary N) is 1. The van der Waals surface area contributed by atoms with Crippen LogP contribution in [-0.2, 0) is 4.79 Å². The average molecular weight is 366 g/mol. The van der Waals surface area contributed by atoms with Crippen molar-refractivity contribution in [2.75, 3.05) is 11.4 Å². The van der Waals surface area contributed by atoms with Crippen LogP contribution in [0.3, 0.4) is 0 Å². The zero-order valence-corrected chi connectivity index (χ0v) is 13.8. The number of carbonyl (C=O) groups excluding carboxylic acids is 2. The summed E-state index contributed by atoms with van der Waals surface area (Å²) >= 11 is 12.0. The van der Waals surface area contributed by atoms with Crippen molar-refractivity contribution in [2.24, 2.45) is 5.73 Å². The van der Waals surface area contributed by atoms with Crippen LogP contribution in [-0.4, -0.2) is 23.5 Å². The van der Waals surface area contributed by atoms with E-state index in [0.29, 0.717) is 16.3 Å². The number of aromatic hydroxyl groups is 1. The Balaban J connectivity index is 2.17. The van der Waals surface area contributed by atoms with Crippen LogP contribution in [0.25, 0.3) is 0 Å². The summed E-state index contributed by atoms with van der Waals surface area (Å²) in [5, 5.41) is 13.4. The third kappa shape index (κ3) is 2.86. The van der Waals surface area contributed by atoms with Gasteiger partial charge in [0.25, 0.3) is 5.91 Å². The molecule has 3 rings (SSSR count). The highest BCUT2D eigenvalue weighted by atomic mass is 35.5. The molecule has 1 heterocycles. The third-order valence-electron chi connectivity index (χ3n) is 3.72. The Morgan fingerprint density at radius 3 is 2.71 bits per heavy atom. The second kappa shape index (κ2) is 6.22. The molecule has 2 aromatic rings. The van der Waals surface area contributed by atoms with Crippen molar-refractivity contribution in [2.45, 2.75) is 6.17 Å². The monoisotopic (exact) mass is 365 g/mol. The second-order valence-corrected chi connectivity index (χ2v) is 6.16. The molecule has 2 amide bonds. The van der Waals surface area contributed by atoms with Gasteiger partial charge in [0, 0.05) is 10.6 Å². The maximum Gasteiger partial charge on any atom is 0.255 e. The molecule has 0 spiro atoms. The van der Waals surface area contributed by atoms with Crippen molar-refractivity contribution < 1.29 is 14.7 Å². The number of benzene rings is 2. The number of anilines is 1. The summed E-state index contributed by atoms with van der Waals surface area (Å²) in [6.07, 6.45) is -0.837. The zero-order valence-electron chi connectivity index (χ0n) is 12.3. The number of rotatable bonds is 3. The zero-order chi connectivity index (χ0) is 17.4. The molecule has 1 aliphatic heterocycles. The van der Waals surface area contributed by atoms with Crippen LogP contribution in [0.2, 0.25) is 10.0 Å². The van der Waals surface area contributed by atoms with E-state index in [1.807, 2.05) is 0 Å². The molecule has 0 aromatic heterocycles. The Morgan fingerprint density at radius 2 is 2.00 bits per heavy atom. The quantitative estimate of drug-likeness (QED) is 0.778. The molecule has 124 valence electrons. The molecule has 1 atom stereocenters. The van der Waals surface area contributed by atoms with Gasteiger partial charge in [-0.05, 0) is 24.3 Å². The molecule has 0 fully saturated rings. The number of carbonyl (C=O) groups is 2. The van der Waals surface area contributed by atoms with Crippen molar-refractivity contribution in [1.29, 1.82) is 0 Å². The molecule has 0 saturated heterocycles. The summed E-state index contributed by atoms with van der Waals surface area (Å²) in [4.78, 5) is 25.5. The van der Waals surface area contributed by atoms with E-state index >= 15 is 0 Å². The molecule has 0 bridgehead atoms. The Morgan fingerprint density at radius 1 is 1.29 bits per heavy atom. The lowest BCUT2D eigenvalue weighted by molar-refractivity contribution is -0.116. The van der Waals surface area contributed by atoms with Gasteiger partial charge < -0.3 is 21.1 Å². The van der Waals surface area contributed by atoms with E-state index in [0.717, 1.165) is 0 Å². The van der Waals surface area contributed by atoms with Crippen molar-refractivity contribution in [3.8, 4) is 5.75 Å². The highest BCUT2D eigenvalue weighted by molar-refractivity contribution is 6.35. The standard InChI is InChI=1S/C16H13Cl2N3O3/c17-8-5-10(14(23)11(18)6-8)15-20-16(24)9-3-1-2-4-12(9)21(15)7-13(19)22/h1-6,15,23H,7H2,(H2,19,22)(H,20,24)/t15-/m0/s1. The number of hydrogen-bond donors (Lipinski definition) is 3. The van der Waals surface area contributed by atoms with E-state index in [1.165, 1.54) is 12.1 Å². The minimum Gasteiger partial charge on any atom is -0.506 e. The lowest BCUT2D eigenvalue weighted by Crippen LogP contribution is -2.49. The van der Waals surface area contributed by atoms with Gasteiger partial charge in [0.2, 0.25) is 5.91 Å². The number of amides is 2. The fourth-order valence-corrected chi connectivity index (χ4v) is 3.23. The lowest BCUT2D eigenvalue weighted by Gasteiger charge is -2.38. The molecule has 6 nitrogen and oxygen atoms in total. The number of phenolic OH excluding ortho intramolecular Hbond substituents is 1. The van der Waals surface area contributed by atoms with E-state index in [9.17, 15) is 14.7 Å². The third-order valence-corrected chi connectivity index (χ3v) is 4.22. The molecular weight excluding hydrogens is 353 g/mol. The Hall–Kier alpha value is -2.44. The first-order valence-corrected chi connectivity index (χ1v) is 7.77. The first kappa shape index (κ1) is 16.4. The first-order chi connectivity index (χ1) is 11.4. The van der Waals surface area contributed by atoms with Crippen LogP contribution in [0.4, 0.5) is 5.69 Å². The van der Waals surface area contributed by atoms with Crippen LogP contribution in [0.1, 0.15) is 22.1 Å². The van der Waals surface area contributed by atoms with Gasteiger partial charge in [0.05, 0.1) is 22.8 Å². The molecular formula is C16H13Cl2N3O3. The van der Waals surface area contributed by atoms with Crippen molar-refractivity contribution >= 4 is 40.7 Å². The predicted molar refractivity (Wildman–Crippen MR) is 91.3 cm³/mol. The highest BCUT2D eigenvalue weighted by Gasteiger charge is 2.34. The fraction of sp³-hybridized carbons (Fsp3) is 0.125. The van der Waals surface area contributed by atoms with Gasteiger partial charge in [-0.1, -0.05) is 35.3 Å². The summed E-state index contributed by atoms with van der Waals surface area (Å²) in [6.45, 7) is -0.161. The summed E-state index contributed by atoms with van der Waals surface area (Å²) in [5.41, 5.74) is 6.55. The minimum atomic E-state index is -0.837.